The Morgan fingerprint density at radius 2 is 1.73 bits per heavy atom. The van der Waals surface area contributed by atoms with Crippen molar-refractivity contribution in [2.24, 2.45) is 5.92 Å². The van der Waals surface area contributed by atoms with E-state index in [0.29, 0.717) is 6.04 Å². The first-order valence-corrected chi connectivity index (χ1v) is 6.72. The Morgan fingerprint density at radius 3 is 2.13 bits per heavy atom. The summed E-state index contributed by atoms with van der Waals surface area (Å²) in [5, 5.41) is 0. The molecule has 0 aromatic carbocycles. The van der Waals surface area contributed by atoms with E-state index in [1.165, 1.54) is 0 Å². The summed E-state index contributed by atoms with van der Waals surface area (Å²) in [6, 6.07) is 0.321. The van der Waals surface area contributed by atoms with Gasteiger partial charge in [0.15, 0.2) is 0 Å². The molecule has 0 spiro atoms. The van der Waals surface area contributed by atoms with E-state index in [4.69, 9.17) is 0 Å². The van der Waals surface area contributed by atoms with E-state index < -0.39 is 11.0 Å². The van der Waals surface area contributed by atoms with E-state index in [9.17, 15) is 9.00 Å². The second-order valence-electron chi connectivity index (χ2n) is 5.25. The van der Waals surface area contributed by atoms with Crippen LogP contribution in [-0.2, 0) is 15.8 Å². The van der Waals surface area contributed by atoms with Gasteiger partial charge in [-0.25, -0.2) is 8.93 Å². The third kappa shape index (κ3) is 4.03. The molecule has 0 aromatic heterocycles. The number of carbonyl (C=O) groups is 1. The lowest BCUT2D eigenvalue weighted by Crippen LogP contribution is -2.41. The second kappa shape index (κ2) is 5.21. The molecule has 0 amide bonds. The summed E-state index contributed by atoms with van der Waals surface area (Å²) in [7, 11) is -0.986. The fourth-order valence-electron chi connectivity index (χ4n) is 1.70. The molecule has 1 atom stereocenters. The highest BCUT2D eigenvalue weighted by Crippen LogP contribution is 2.23. The van der Waals surface area contributed by atoms with Gasteiger partial charge in [0, 0.05) is 12.0 Å². The molecule has 0 saturated heterocycles. The zero-order valence-electron chi connectivity index (χ0n) is 9.79. The molecule has 0 radical (unpaired) electrons. The van der Waals surface area contributed by atoms with Crippen molar-refractivity contribution in [1.29, 1.82) is 0 Å². The quantitative estimate of drug-likeness (QED) is 0.753. The van der Waals surface area contributed by atoms with Gasteiger partial charge in [-0.05, 0) is 46.5 Å². The lowest BCUT2D eigenvalue weighted by atomic mass is 9.87. The smallest absolute Gasteiger partial charge is 0.123 e. The van der Waals surface area contributed by atoms with Crippen LogP contribution in [0.2, 0.25) is 0 Å². The zero-order valence-corrected chi connectivity index (χ0v) is 10.6. The predicted molar refractivity (Wildman–Crippen MR) is 62.8 cm³/mol. The predicted octanol–water partition coefficient (Wildman–Crippen LogP) is 1.80. The molecule has 1 N–H and O–H groups in total. The van der Waals surface area contributed by atoms with Crippen molar-refractivity contribution in [1.82, 2.24) is 4.72 Å². The molecule has 1 fully saturated rings. The van der Waals surface area contributed by atoms with Crippen LogP contribution >= 0.6 is 0 Å². The van der Waals surface area contributed by atoms with Gasteiger partial charge in [0.2, 0.25) is 0 Å². The highest BCUT2D eigenvalue weighted by molar-refractivity contribution is 7.84. The minimum atomic E-state index is -0.986. The van der Waals surface area contributed by atoms with Gasteiger partial charge in [-0.3, -0.25) is 0 Å². The number of nitrogens with one attached hydrogen (secondary N) is 1. The van der Waals surface area contributed by atoms with Gasteiger partial charge in [-0.15, -0.1) is 0 Å². The molecule has 88 valence electrons. The monoisotopic (exact) mass is 231 g/mol. The molecule has 1 rings (SSSR count). The molecule has 15 heavy (non-hydrogen) atoms. The topological polar surface area (TPSA) is 46.2 Å². The maximum Gasteiger partial charge on any atom is 0.123 e. The summed E-state index contributed by atoms with van der Waals surface area (Å²) < 4.78 is 14.8. The summed E-state index contributed by atoms with van der Waals surface area (Å²) in [5.41, 5.74) is 0. The maximum absolute atomic E-state index is 11.8. The highest BCUT2D eigenvalue weighted by Gasteiger charge is 2.26. The van der Waals surface area contributed by atoms with Gasteiger partial charge in [-0.1, -0.05) is 0 Å². The first-order chi connectivity index (χ1) is 6.93. The Bertz CT molecular complexity index is 239. The molecular formula is C11H21NO2S. The molecule has 0 heterocycles. The standard InChI is InChI=1S/C11H21NO2S/c1-11(2,3)15(14)12-10-6-4-9(8-13)5-7-10/h8-10,12H,4-7H2,1-3H3. The van der Waals surface area contributed by atoms with E-state index in [1.807, 2.05) is 20.8 Å². The van der Waals surface area contributed by atoms with Crippen LogP contribution in [0, 0.1) is 5.92 Å². The van der Waals surface area contributed by atoms with Crippen molar-refractivity contribution in [2.45, 2.75) is 57.2 Å². The fourth-order valence-corrected chi connectivity index (χ4v) is 2.59. The summed E-state index contributed by atoms with van der Waals surface area (Å²) >= 11 is 0. The summed E-state index contributed by atoms with van der Waals surface area (Å²) in [6.07, 6.45) is 4.85. The van der Waals surface area contributed by atoms with E-state index in [0.717, 1.165) is 32.0 Å². The van der Waals surface area contributed by atoms with Crippen molar-refractivity contribution < 1.29 is 9.00 Å². The number of hydrogen-bond acceptors (Lipinski definition) is 2. The molecule has 1 unspecified atom stereocenters. The van der Waals surface area contributed by atoms with Crippen LogP contribution in [-0.4, -0.2) is 21.3 Å². The highest BCUT2D eigenvalue weighted by atomic mass is 32.2. The Hall–Kier alpha value is -0.220. The lowest BCUT2D eigenvalue weighted by molar-refractivity contribution is -0.111. The van der Waals surface area contributed by atoms with Crippen LogP contribution in [0.1, 0.15) is 46.5 Å². The third-order valence-electron chi connectivity index (χ3n) is 2.79. The van der Waals surface area contributed by atoms with Crippen LogP contribution in [0.5, 0.6) is 0 Å². The molecular weight excluding hydrogens is 210 g/mol. The fraction of sp³-hybridized carbons (Fsp3) is 0.909. The van der Waals surface area contributed by atoms with Crippen LogP contribution in [0.3, 0.4) is 0 Å². The largest absolute Gasteiger partial charge is 0.303 e. The molecule has 0 bridgehead atoms. The van der Waals surface area contributed by atoms with Gasteiger partial charge < -0.3 is 4.79 Å². The van der Waals surface area contributed by atoms with Crippen LogP contribution in [0.4, 0.5) is 0 Å². The van der Waals surface area contributed by atoms with Crippen LogP contribution in [0.25, 0.3) is 0 Å². The van der Waals surface area contributed by atoms with Crippen molar-refractivity contribution in [3.8, 4) is 0 Å². The van der Waals surface area contributed by atoms with Crippen molar-refractivity contribution in [3.63, 3.8) is 0 Å². The first kappa shape index (κ1) is 12.8. The zero-order chi connectivity index (χ0) is 11.5. The van der Waals surface area contributed by atoms with E-state index in [-0.39, 0.29) is 10.7 Å². The average Bonchev–Trinajstić information content (AvgIpc) is 2.17. The Balaban J connectivity index is 2.36. The van der Waals surface area contributed by atoms with E-state index >= 15 is 0 Å². The first-order valence-electron chi connectivity index (χ1n) is 5.57. The number of carbonyl (C=O) groups excluding carboxylic acids is 1. The summed E-state index contributed by atoms with van der Waals surface area (Å²) in [4.78, 5) is 10.6. The number of aldehydes is 1. The van der Waals surface area contributed by atoms with Crippen LogP contribution in [0.15, 0.2) is 0 Å². The van der Waals surface area contributed by atoms with Gasteiger partial charge in [0.05, 0.1) is 15.7 Å². The van der Waals surface area contributed by atoms with Crippen LogP contribution < -0.4 is 4.72 Å². The van der Waals surface area contributed by atoms with Gasteiger partial charge in [0.1, 0.15) is 6.29 Å². The summed E-state index contributed by atoms with van der Waals surface area (Å²) in [5.74, 6) is 0.228. The lowest BCUT2D eigenvalue weighted by Gasteiger charge is -2.28. The van der Waals surface area contributed by atoms with Gasteiger partial charge in [-0.2, -0.15) is 0 Å². The minimum absolute atomic E-state index is 0.207. The molecule has 0 aliphatic heterocycles. The normalized spacial score (nSPS) is 29.8. The van der Waals surface area contributed by atoms with E-state index in [1.54, 1.807) is 0 Å². The Morgan fingerprint density at radius 1 is 1.20 bits per heavy atom. The molecule has 4 heteroatoms. The SMILES string of the molecule is CC(C)(C)S(=O)NC1CCC(C=O)CC1. The Kier molecular flexibility index (Phi) is 4.46. The second-order valence-corrected chi connectivity index (χ2v) is 7.24. The van der Waals surface area contributed by atoms with Crippen molar-refractivity contribution >= 4 is 17.3 Å². The Labute approximate surface area is 94.6 Å². The number of hydrogen-bond donors (Lipinski definition) is 1. The average molecular weight is 231 g/mol. The maximum atomic E-state index is 11.8. The number of rotatable bonds is 3. The molecule has 1 saturated carbocycles. The van der Waals surface area contributed by atoms with Gasteiger partial charge >= 0.3 is 0 Å². The van der Waals surface area contributed by atoms with Gasteiger partial charge in [0.25, 0.3) is 0 Å². The molecule has 1 aliphatic rings. The van der Waals surface area contributed by atoms with Crippen molar-refractivity contribution in [3.05, 3.63) is 0 Å². The van der Waals surface area contributed by atoms with E-state index in [2.05, 4.69) is 4.72 Å². The molecule has 0 aromatic rings. The molecule has 3 nitrogen and oxygen atoms in total. The third-order valence-corrected chi connectivity index (χ3v) is 4.45. The minimum Gasteiger partial charge on any atom is -0.303 e. The molecule has 1 aliphatic carbocycles. The van der Waals surface area contributed by atoms with Crippen molar-refractivity contribution in [2.75, 3.05) is 0 Å². The summed E-state index contributed by atoms with van der Waals surface area (Å²) in [6.45, 7) is 5.90.